The number of rotatable bonds is 4. The van der Waals surface area contributed by atoms with Gasteiger partial charge in [0.05, 0.1) is 5.41 Å². The number of benzene rings is 1. The lowest BCUT2D eigenvalue weighted by Gasteiger charge is -2.37. The highest BCUT2D eigenvalue weighted by atomic mass is 16.4. The molecular formula is C14H16N2O3. The highest BCUT2D eigenvalue weighted by Gasteiger charge is 2.44. The standard InChI is InChI=1S/C14H16N2O3/c1-9-16-11-4-3-10(7-12(11)19-9)15-8-14(13(17)18)5-2-6-14/h3-4,7,15H,2,5-6,8H2,1H3,(H,17,18). The molecule has 0 amide bonds. The molecule has 5 nitrogen and oxygen atoms in total. The van der Waals surface area contributed by atoms with Gasteiger partial charge in [0.15, 0.2) is 11.5 Å². The monoisotopic (exact) mass is 260 g/mol. The summed E-state index contributed by atoms with van der Waals surface area (Å²) < 4.78 is 5.46. The second-order valence-electron chi connectivity index (χ2n) is 5.21. The van der Waals surface area contributed by atoms with Gasteiger partial charge < -0.3 is 14.8 Å². The third kappa shape index (κ3) is 2.05. The molecule has 0 bridgehead atoms. The summed E-state index contributed by atoms with van der Waals surface area (Å²) in [4.78, 5) is 15.5. The lowest BCUT2D eigenvalue weighted by atomic mass is 9.69. The number of carbonyl (C=O) groups is 1. The molecule has 0 unspecified atom stereocenters. The van der Waals surface area contributed by atoms with E-state index in [1.54, 1.807) is 6.92 Å². The summed E-state index contributed by atoms with van der Waals surface area (Å²) in [5.74, 6) is -0.0732. The molecule has 1 aromatic heterocycles. The number of hydrogen-bond donors (Lipinski definition) is 2. The van der Waals surface area contributed by atoms with Crippen molar-refractivity contribution in [2.75, 3.05) is 11.9 Å². The largest absolute Gasteiger partial charge is 0.481 e. The minimum Gasteiger partial charge on any atom is -0.481 e. The number of aryl methyl sites for hydroxylation is 1. The van der Waals surface area contributed by atoms with Crippen molar-refractivity contribution < 1.29 is 14.3 Å². The van der Waals surface area contributed by atoms with Crippen LogP contribution in [-0.4, -0.2) is 22.6 Å². The molecule has 1 aromatic carbocycles. The number of aromatic nitrogens is 1. The minimum absolute atomic E-state index is 0.459. The molecule has 1 aliphatic rings. The van der Waals surface area contributed by atoms with Crippen molar-refractivity contribution in [3.05, 3.63) is 24.1 Å². The van der Waals surface area contributed by atoms with E-state index < -0.39 is 11.4 Å². The van der Waals surface area contributed by atoms with Gasteiger partial charge >= 0.3 is 5.97 Å². The number of carboxylic acids is 1. The first kappa shape index (κ1) is 12.0. The number of anilines is 1. The number of hydrogen-bond acceptors (Lipinski definition) is 4. The number of nitrogens with zero attached hydrogens (tertiary/aromatic N) is 1. The molecule has 19 heavy (non-hydrogen) atoms. The van der Waals surface area contributed by atoms with Gasteiger partial charge in [-0.05, 0) is 25.0 Å². The third-order valence-electron chi connectivity index (χ3n) is 3.89. The Morgan fingerprint density at radius 3 is 2.95 bits per heavy atom. The van der Waals surface area contributed by atoms with Crippen LogP contribution in [0.1, 0.15) is 25.2 Å². The van der Waals surface area contributed by atoms with Crippen LogP contribution in [0.4, 0.5) is 5.69 Å². The van der Waals surface area contributed by atoms with Crippen molar-refractivity contribution in [3.8, 4) is 0 Å². The van der Waals surface area contributed by atoms with E-state index in [1.165, 1.54) is 0 Å². The molecule has 1 aliphatic carbocycles. The van der Waals surface area contributed by atoms with Gasteiger partial charge in [-0.3, -0.25) is 4.79 Å². The molecule has 0 saturated heterocycles. The van der Waals surface area contributed by atoms with Crippen LogP contribution in [0.3, 0.4) is 0 Å². The molecule has 3 rings (SSSR count). The molecule has 2 N–H and O–H groups in total. The molecule has 1 fully saturated rings. The van der Waals surface area contributed by atoms with Gasteiger partial charge in [0, 0.05) is 25.2 Å². The zero-order valence-corrected chi connectivity index (χ0v) is 10.8. The Morgan fingerprint density at radius 1 is 1.53 bits per heavy atom. The van der Waals surface area contributed by atoms with E-state index in [2.05, 4.69) is 10.3 Å². The molecule has 1 heterocycles. The Balaban J connectivity index is 1.76. The fraction of sp³-hybridized carbons (Fsp3) is 0.429. The zero-order valence-electron chi connectivity index (χ0n) is 10.8. The number of fused-ring (bicyclic) bond motifs is 1. The summed E-state index contributed by atoms with van der Waals surface area (Å²) in [6.45, 7) is 2.27. The predicted molar refractivity (Wildman–Crippen MR) is 71.2 cm³/mol. The lowest BCUT2D eigenvalue weighted by Crippen LogP contribution is -2.43. The number of nitrogens with one attached hydrogen (secondary N) is 1. The van der Waals surface area contributed by atoms with Gasteiger partial charge in [-0.1, -0.05) is 6.42 Å². The summed E-state index contributed by atoms with van der Waals surface area (Å²) in [6.07, 6.45) is 2.49. The predicted octanol–water partition coefficient (Wildman–Crippen LogP) is 2.80. The molecule has 100 valence electrons. The fourth-order valence-corrected chi connectivity index (χ4v) is 2.49. The summed E-state index contributed by atoms with van der Waals surface area (Å²) in [5, 5.41) is 12.5. The van der Waals surface area contributed by atoms with Crippen LogP contribution < -0.4 is 5.32 Å². The number of aliphatic carboxylic acids is 1. The van der Waals surface area contributed by atoms with Gasteiger partial charge in [0.2, 0.25) is 0 Å². The topological polar surface area (TPSA) is 75.4 Å². The van der Waals surface area contributed by atoms with Crippen LogP contribution in [-0.2, 0) is 4.79 Å². The SMILES string of the molecule is Cc1nc2ccc(NCC3(C(=O)O)CCC3)cc2o1. The van der Waals surface area contributed by atoms with E-state index in [1.807, 2.05) is 18.2 Å². The van der Waals surface area contributed by atoms with Gasteiger partial charge in [-0.15, -0.1) is 0 Å². The number of oxazole rings is 1. The van der Waals surface area contributed by atoms with Gasteiger partial charge in [-0.25, -0.2) is 4.98 Å². The van der Waals surface area contributed by atoms with E-state index >= 15 is 0 Å². The molecule has 0 aliphatic heterocycles. The summed E-state index contributed by atoms with van der Waals surface area (Å²) >= 11 is 0. The Bertz CT molecular complexity index is 629. The van der Waals surface area contributed by atoms with Crippen LogP contribution in [0.15, 0.2) is 22.6 Å². The minimum atomic E-state index is -0.706. The van der Waals surface area contributed by atoms with Crippen molar-refractivity contribution in [1.82, 2.24) is 4.98 Å². The van der Waals surface area contributed by atoms with E-state index in [4.69, 9.17) is 4.42 Å². The van der Waals surface area contributed by atoms with Gasteiger partial charge in [0.25, 0.3) is 0 Å². The van der Waals surface area contributed by atoms with Crippen molar-refractivity contribution in [1.29, 1.82) is 0 Å². The molecule has 1 saturated carbocycles. The van der Waals surface area contributed by atoms with Crippen LogP contribution in [0, 0.1) is 12.3 Å². The zero-order chi connectivity index (χ0) is 13.5. The lowest BCUT2D eigenvalue weighted by molar-refractivity contribution is -0.153. The maximum atomic E-state index is 11.3. The maximum absolute atomic E-state index is 11.3. The Hall–Kier alpha value is -2.04. The first-order valence-electron chi connectivity index (χ1n) is 6.44. The molecule has 2 aromatic rings. The van der Waals surface area contributed by atoms with E-state index in [9.17, 15) is 9.90 Å². The molecule has 0 radical (unpaired) electrons. The van der Waals surface area contributed by atoms with Crippen molar-refractivity contribution in [2.45, 2.75) is 26.2 Å². The van der Waals surface area contributed by atoms with Crippen LogP contribution in [0.5, 0.6) is 0 Å². The van der Waals surface area contributed by atoms with Crippen LogP contribution in [0.2, 0.25) is 0 Å². The second kappa shape index (κ2) is 4.26. The average Bonchev–Trinajstić information content (AvgIpc) is 2.66. The first-order valence-corrected chi connectivity index (χ1v) is 6.44. The molecule has 0 spiro atoms. The van der Waals surface area contributed by atoms with Crippen molar-refractivity contribution in [2.24, 2.45) is 5.41 Å². The van der Waals surface area contributed by atoms with E-state index in [0.29, 0.717) is 12.4 Å². The van der Waals surface area contributed by atoms with Gasteiger partial charge in [0.1, 0.15) is 5.52 Å². The molecule has 5 heteroatoms. The molecular weight excluding hydrogens is 244 g/mol. The summed E-state index contributed by atoms with van der Waals surface area (Å²) in [7, 11) is 0. The average molecular weight is 260 g/mol. The second-order valence-corrected chi connectivity index (χ2v) is 5.21. The quantitative estimate of drug-likeness (QED) is 0.884. The maximum Gasteiger partial charge on any atom is 0.311 e. The normalized spacial score (nSPS) is 17.1. The van der Waals surface area contributed by atoms with Crippen LogP contribution in [0.25, 0.3) is 11.1 Å². The molecule has 0 atom stereocenters. The summed E-state index contributed by atoms with van der Waals surface area (Å²) in [5.41, 5.74) is 1.82. The highest BCUT2D eigenvalue weighted by Crippen LogP contribution is 2.41. The summed E-state index contributed by atoms with van der Waals surface area (Å²) in [6, 6.07) is 5.64. The number of carboxylic acid groups (broad SMARTS) is 1. The fourth-order valence-electron chi connectivity index (χ4n) is 2.49. The van der Waals surface area contributed by atoms with E-state index in [-0.39, 0.29) is 0 Å². The smallest absolute Gasteiger partial charge is 0.311 e. The highest BCUT2D eigenvalue weighted by molar-refractivity contribution is 5.79. The Kier molecular flexibility index (Phi) is 2.69. The third-order valence-corrected chi connectivity index (χ3v) is 3.89. The van der Waals surface area contributed by atoms with Gasteiger partial charge in [-0.2, -0.15) is 0 Å². The van der Waals surface area contributed by atoms with Crippen LogP contribution >= 0.6 is 0 Å². The van der Waals surface area contributed by atoms with Crippen molar-refractivity contribution in [3.63, 3.8) is 0 Å². The van der Waals surface area contributed by atoms with E-state index in [0.717, 1.165) is 36.0 Å². The Morgan fingerprint density at radius 2 is 2.32 bits per heavy atom. The first-order chi connectivity index (χ1) is 9.09. The Labute approximate surface area is 110 Å². The van der Waals surface area contributed by atoms with Crippen molar-refractivity contribution >= 4 is 22.8 Å².